The normalized spacial score (nSPS) is 10.6. The van der Waals surface area contributed by atoms with Crippen molar-refractivity contribution in [3.8, 4) is 16.9 Å². The lowest BCUT2D eigenvalue weighted by Crippen LogP contribution is -2.07. The SMILES string of the molecule is COCCC(=O)c1cc(-c2ccccc2)cc(CN)c1O. The van der Waals surface area contributed by atoms with Gasteiger partial charge >= 0.3 is 0 Å². The van der Waals surface area contributed by atoms with Crippen molar-refractivity contribution in [3.05, 3.63) is 53.6 Å². The number of benzene rings is 2. The molecule has 0 saturated heterocycles. The van der Waals surface area contributed by atoms with Crippen LogP contribution in [0.25, 0.3) is 11.1 Å². The molecule has 3 N–H and O–H groups in total. The minimum absolute atomic E-state index is 0.0294. The summed E-state index contributed by atoms with van der Waals surface area (Å²) in [6.45, 7) is 0.503. The molecule has 0 aliphatic carbocycles. The average Bonchev–Trinajstić information content (AvgIpc) is 2.53. The van der Waals surface area contributed by atoms with Gasteiger partial charge in [0.15, 0.2) is 5.78 Å². The summed E-state index contributed by atoms with van der Waals surface area (Å²) >= 11 is 0. The van der Waals surface area contributed by atoms with Gasteiger partial charge in [-0.05, 0) is 23.3 Å². The van der Waals surface area contributed by atoms with Crippen molar-refractivity contribution in [2.75, 3.05) is 13.7 Å². The van der Waals surface area contributed by atoms with Crippen molar-refractivity contribution >= 4 is 5.78 Å². The molecule has 0 aliphatic rings. The van der Waals surface area contributed by atoms with Gasteiger partial charge in [0.25, 0.3) is 0 Å². The summed E-state index contributed by atoms with van der Waals surface area (Å²) in [5, 5.41) is 10.2. The number of ketones is 1. The second-order valence-electron chi connectivity index (χ2n) is 4.77. The summed E-state index contributed by atoms with van der Waals surface area (Å²) in [7, 11) is 1.54. The third kappa shape index (κ3) is 3.48. The van der Waals surface area contributed by atoms with Crippen LogP contribution in [0.2, 0.25) is 0 Å². The van der Waals surface area contributed by atoms with Gasteiger partial charge in [0.05, 0.1) is 12.2 Å². The number of phenolic OH excluding ortho intramolecular Hbond substituents is 1. The highest BCUT2D eigenvalue weighted by Gasteiger charge is 2.16. The highest BCUT2D eigenvalue weighted by atomic mass is 16.5. The maximum atomic E-state index is 12.2. The van der Waals surface area contributed by atoms with Crippen LogP contribution in [-0.2, 0) is 11.3 Å². The van der Waals surface area contributed by atoms with Crippen molar-refractivity contribution in [2.24, 2.45) is 5.73 Å². The summed E-state index contributed by atoms with van der Waals surface area (Å²) in [5.41, 5.74) is 8.39. The van der Waals surface area contributed by atoms with Crippen LogP contribution in [0.4, 0.5) is 0 Å². The van der Waals surface area contributed by atoms with E-state index < -0.39 is 0 Å². The molecule has 2 aromatic carbocycles. The smallest absolute Gasteiger partial charge is 0.168 e. The lowest BCUT2D eigenvalue weighted by Gasteiger charge is -2.12. The molecule has 0 bridgehead atoms. The highest BCUT2D eigenvalue weighted by molar-refractivity contribution is 6.00. The number of rotatable bonds is 6. The molecule has 0 saturated carbocycles. The Labute approximate surface area is 124 Å². The molecule has 2 aromatic rings. The van der Waals surface area contributed by atoms with E-state index in [1.807, 2.05) is 36.4 Å². The number of carbonyl (C=O) groups is 1. The Balaban J connectivity index is 2.47. The van der Waals surface area contributed by atoms with Crippen molar-refractivity contribution in [3.63, 3.8) is 0 Å². The number of methoxy groups -OCH3 is 1. The van der Waals surface area contributed by atoms with Crippen LogP contribution in [0.1, 0.15) is 22.3 Å². The molecule has 0 atom stereocenters. The Morgan fingerprint density at radius 1 is 1.19 bits per heavy atom. The van der Waals surface area contributed by atoms with Gasteiger partial charge in [0.1, 0.15) is 5.75 Å². The number of aromatic hydroxyl groups is 1. The van der Waals surface area contributed by atoms with E-state index in [0.29, 0.717) is 17.7 Å². The zero-order valence-corrected chi connectivity index (χ0v) is 12.0. The maximum Gasteiger partial charge on any atom is 0.168 e. The molecule has 0 amide bonds. The van der Waals surface area contributed by atoms with Crippen molar-refractivity contribution in [2.45, 2.75) is 13.0 Å². The van der Waals surface area contributed by atoms with E-state index in [9.17, 15) is 9.90 Å². The van der Waals surface area contributed by atoms with Crippen LogP contribution < -0.4 is 5.73 Å². The van der Waals surface area contributed by atoms with E-state index in [2.05, 4.69) is 0 Å². The molecule has 0 heterocycles. The molecule has 0 radical (unpaired) electrons. The lowest BCUT2D eigenvalue weighted by molar-refractivity contribution is 0.0929. The van der Waals surface area contributed by atoms with E-state index in [1.54, 1.807) is 13.2 Å². The van der Waals surface area contributed by atoms with E-state index >= 15 is 0 Å². The molecule has 0 unspecified atom stereocenters. The predicted molar refractivity (Wildman–Crippen MR) is 82.3 cm³/mol. The molecule has 0 spiro atoms. The second-order valence-corrected chi connectivity index (χ2v) is 4.77. The summed E-state index contributed by atoms with van der Waals surface area (Å²) in [4.78, 5) is 12.2. The number of nitrogens with two attached hydrogens (primary N) is 1. The van der Waals surface area contributed by atoms with Crippen LogP contribution in [-0.4, -0.2) is 24.6 Å². The van der Waals surface area contributed by atoms with E-state index in [1.165, 1.54) is 0 Å². The zero-order valence-electron chi connectivity index (χ0n) is 12.0. The van der Waals surface area contributed by atoms with Gasteiger partial charge in [-0.2, -0.15) is 0 Å². The summed E-state index contributed by atoms with van der Waals surface area (Å²) in [5.74, 6) is -0.180. The zero-order chi connectivity index (χ0) is 15.2. The monoisotopic (exact) mass is 285 g/mol. The van der Waals surface area contributed by atoms with Gasteiger partial charge in [-0.1, -0.05) is 30.3 Å². The van der Waals surface area contributed by atoms with Crippen LogP contribution in [0.15, 0.2) is 42.5 Å². The molecule has 4 nitrogen and oxygen atoms in total. The van der Waals surface area contributed by atoms with Crippen molar-refractivity contribution in [1.29, 1.82) is 0 Å². The lowest BCUT2D eigenvalue weighted by atomic mass is 9.96. The molecule has 0 aliphatic heterocycles. The third-order valence-electron chi connectivity index (χ3n) is 3.35. The number of hydrogen-bond acceptors (Lipinski definition) is 4. The topological polar surface area (TPSA) is 72.5 Å². The van der Waals surface area contributed by atoms with Gasteiger partial charge in [-0.25, -0.2) is 0 Å². The van der Waals surface area contributed by atoms with Crippen LogP contribution in [0.3, 0.4) is 0 Å². The first-order chi connectivity index (χ1) is 10.2. The summed E-state index contributed by atoms with van der Waals surface area (Å²) in [6.07, 6.45) is 0.228. The molecule has 0 fully saturated rings. The van der Waals surface area contributed by atoms with Gasteiger partial charge in [0.2, 0.25) is 0 Å². The van der Waals surface area contributed by atoms with Crippen molar-refractivity contribution in [1.82, 2.24) is 0 Å². The van der Waals surface area contributed by atoms with Gasteiger partial charge in [-0.3, -0.25) is 4.79 Å². The summed E-state index contributed by atoms with van der Waals surface area (Å²) < 4.78 is 4.92. The number of Topliss-reactive ketones (excluding diaryl/α,β-unsaturated/α-hetero) is 1. The fourth-order valence-corrected chi connectivity index (χ4v) is 2.19. The van der Waals surface area contributed by atoms with Gasteiger partial charge in [0, 0.05) is 25.6 Å². The molecule has 21 heavy (non-hydrogen) atoms. The van der Waals surface area contributed by atoms with E-state index in [0.717, 1.165) is 11.1 Å². The van der Waals surface area contributed by atoms with E-state index in [-0.39, 0.29) is 24.5 Å². The number of phenols is 1. The first kappa shape index (κ1) is 15.2. The summed E-state index contributed by atoms with van der Waals surface area (Å²) in [6, 6.07) is 13.2. The predicted octanol–water partition coefficient (Wildman–Crippen LogP) is 2.74. The standard InChI is InChI=1S/C17H19NO3/c1-21-8-7-16(19)15-10-13(9-14(11-18)17(15)20)12-5-3-2-4-6-12/h2-6,9-10,20H,7-8,11,18H2,1H3. The second kappa shape index (κ2) is 7.02. The average molecular weight is 285 g/mol. The maximum absolute atomic E-state index is 12.2. The molecular weight excluding hydrogens is 266 g/mol. The first-order valence-electron chi connectivity index (χ1n) is 6.81. The number of hydrogen-bond donors (Lipinski definition) is 2. The number of carbonyl (C=O) groups excluding carboxylic acids is 1. The largest absolute Gasteiger partial charge is 0.507 e. The first-order valence-corrected chi connectivity index (χ1v) is 6.81. The molecule has 4 heteroatoms. The highest BCUT2D eigenvalue weighted by Crippen LogP contribution is 2.30. The van der Waals surface area contributed by atoms with Crippen molar-refractivity contribution < 1.29 is 14.6 Å². The Morgan fingerprint density at radius 2 is 1.90 bits per heavy atom. The minimum atomic E-state index is -0.151. The molecule has 2 rings (SSSR count). The Morgan fingerprint density at radius 3 is 2.52 bits per heavy atom. The number of ether oxygens (including phenoxy) is 1. The fourth-order valence-electron chi connectivity index (χ4n) is 2.19. The molecule has 110 valence electrons. The van der Waals surface area contributed by atoms with Crippen LogP contribution >= 0.6 is 0 Å². The quantitative estimate of drug-likeness (QED) is 0.800. The Hall–Kier alpha value is -2.17. The third-order valence-corrected chi connectivity index (χ3v) is 3.35. The molecule has 0 aromatic heterocycles. The van der Waals surface area contributed by atoms with Gasteiger partial charge in [-0.15, -0.1) is 0 Å². The van der Waals surface area contributed by atoms with Crippen LogP contribution in [0, 0.1) is 0 Å². The van der Waals surface area contributed by atoms with Crippen LogP contribution in [0.5, 0.6) is 5.75 Å². The fraction of sp³-hybridized carbons (Fsp3) is 0.235. The van der Waals surface area contributed by atoms with E-state index in [4.69, 9.17) is 10.5 Å². The molecular formula is C17H19NO3. The Bertz CT molecular complexity index is 623. The Kier molecular flexibility index (Phi) is 5.09. The van der Waals surface area contributed by atoms with Gasteiger partial charge < -0.3 is 15.6 Å². The minimum Gasteiger partial charge on any atom is -0.507 e.